The van der Waals surface area contributed by atoms with Crippen molar-refractivity contribution in [3.05, 3.63) is 0 Å². The average Bonchev–Trinajstić information content (AvgIpc) is 2.35. The van der Waals surface area contributed by atoms with Gasteiger partial charge in [0.1, 0.15) is 5.78 Å². The molecule has 0 aromatic rings. The molecule has 1 aliphatic carbocycles. The lowest BCUT2D eigenvalue weighted by Crippen LogP contribution is -2.53. The Bertz CT molecular complexity index is 327. The van der Waals surface area contributed by atoms with Gasteiger partial charge in [0.15, 0.2) is 0 Å². The van der Waals surface area contributed by atoms with Crippen LogP contribution in [-0.4, -0.2) is 54.3 Å². The molecule has 0 bridgehead atoms. The zero-order chi connectivity index (χ0) is 14.0. The van der Waals surface area contributed by atoms with Crippen molar-refractivity contribution in [2.75, 3.05) is 32.7 Å². The van der Waals surface area contributed by atoms with Gasteiger partial charge in [0.25, 0.3) is 0 Å². The first kappa shape index (κ1) is 15.0. The molecule has 0 aromatic heterocycles. The highest BCUT2D eigenvalue weighted by Gasteiger charge is 2.38. The summed E-state index contributed by atoms with van der Waals surface area (Å²) in [5, 5.41) is 0. The number of hydrogen-bond acceptors (Lipinski definition) is 3. The molecule has 2 aliphatic rings. The molecule has 2 atom stereocenters. The van der Waals surface area contributed by atoms with E-state index < -0.39 is 0 Å². The Kier molecular flexibility index (Phi) is 4.67. The topological polar surface area (TPSA) is 23.6 Å². The van der Waals surface area contributed by atoms with Crippen molar-refractivity contribution in [1.29, 1.82) is 0 Å². The molecule has 0 spiro atoms. The number of carbonyl (C=O) groups excluding carboxylic acids is 1. The van der Waals surface area contributed by atoms with Crippen molar-refractivity contribution in [3.63, 3.8) is 0 Å². The maximum Gasteiger partial charge on any atom is 0.142 e. The Balaban J connectivity index is 1.90. The molecule has 2 rings (SSSR count). The second-order valence-corrected chi connectivity index (χ2v) is 7.07. The van der Waals surface area contributed by atoms with Crippen LogP contribution in [0.3, 0.4) is 0 Å². The van der Waals surface area contributed by atoms with E-state index in [0.29, 0.717) is 11.8 Å². The lowest BCUT2D eigenvalue weighted by molar-refractivity contribution is -0.135. The van der Waals surface area contributed by atoms with Crippen LogP contribution in [0.25, 0.3) is 0 Å². The number of nitrogens with zero attached hydrogens (tertiary/aromatic N) is 2. The van der Waals surface area contributed by atoms with Crippen LogP contribution in [0.1, 0.15) is 47.0 Å². The Morgan fingerprint density at radius 3 is 2.68 bits per heavy atom. The molecule has 0 N–H and O–H groups in total. The van der Waals surface area contributed by atoms with E-state index in [0.717, 1.165) is 45.6 Å². The number of hydrogen-bond donors (Lipinski definition) is 0. The van der Waals surface area contributed by atoms with Gasteiger partial charge in [-0.2, -0.15) is 0 Å². The summed E-state index contributed by atoms with van der Waals surface area (Å²) >= 11 is 0. The van der Waals surface area contributed by atoms with Gasteiger partial charge < -0.3 is 0 Å². The number of likely N-dealkylation sites (N-methyl/N-ethyl adjacent to an activating group) is 1. The van der Waals surface area contributed by atoms with Crippen LogP contribution in [0.2, 0.25) is 0 Å². The lowest BCUT2D eigenvalue weighted by atomic mass is 9.71. The quantitative estimate of drug-likeness (QED) is 0.784. The zero-order valence-electron chi connectivity index (χ0n) is 13.1. The van der Waals surface area contributed by atoms with Crippen LogP contribution in [-0.2, 0) is 4.79 Å². The van der Waals surface area contributed by atoms with Gasteiger partial charge in [-0.25, -0.2) is 0 Å². The smallest absolute Gasteiger partial charge is 0.142 e. The summed E-state index contributed by atoms with van der Waals surface area (Å²) in [6.07, 6.45) is 3.39. The fraction of sp³-hybridized carbons (Fsp3) is 0.938. The van der Waals surface area contributed by atoms with Gasteiger partial charge >= 0.3 is 0 Å². The van der Waals surface area contributed by atoms with E-state index >= 15 is 0 Å². The van der Waals surface area contributed by atoms with E-state index in [1.165, 1.54) is 6.42 Å². The van der Waals surface area contributed by atoms with E-state index in [2.05, 4.69) is 37.5 Å². The minimum atomic E-state index is -0.0836. The summed E-state index contributed by atoms with van der Waals surface area (Å²) in [5.74, 6) is 0.786. The molecular weight excluding hydrogens is 236 g/mol. The zero-order valence-corrected chi connectivity index (χ0v) is 13.1. The first-order chi connectivity index (χ1) is 8.94. The molecule has 1 heterocycles. The normalized spacial score (nSPS) is 33.6. The van der Waals surface area contributed by atoms with Crippen molar-refractivity contribution >= 4 is 5.78 Å². The van der Waals surface area contributed by atoms with Crippen molar-refractivity contribution in [2.24, 2.45) is 11.3 Å². The average molecular weight is 266 g/mol. The number of ketones is 1. The van der Waals surface area contributed by atoms with E-state index in [1.54, 1.807) is 0 Å². The van der Waals surface area contributed by atoms with Crippen molar-refractivity contribution < 1.29 is 4.79 Å². The molecule has 1 aliphatic heterocycles. The fourth-order valence-electron chi connectivity index (χ4n) is 3.79. The molecule has 19 heavy (non-hydrogen) atoms. The van der Waals surface area contributed by atoms with E-state index in [9.17, 15) is 4.79 Å². The Morgan fingerprint density at radius 2 is 2.05 bits per heavy atom. The summed E-state index contributed by atoms with van der Waals surface area (Å²) < 4.78 is 0. The van der Waals surface area contributed by atoms with Crippen LogP contribution < -0.4 is 0 Å². The minimum absolute atomic E-state index is 0.0836. The standard InChI is InChI=1S/C16H30N2O/c1-5-18-10-9-17(11-13(18)2)12-14-7-6-8-16(3,4)15(14)19/h13-14H,5-12H2,1-4H3. The van der Waals surface area contributed by atoms with Crippen LogP contribution >= 0.6 is 0 Å². The highest BCUT2D eigenvalue weighted by molar-refractivity contribution is 5.87. The highest BCUT2D eigenvalue weighted by atomic mass is 16.1. The summed E-state index contributed by atoms with van der Waals surface area (Å²) in [4.78, 5) is 17.5. The van der Waals surface area contributed by atoms with Gasteiger partial charge in [0.05, 0.1) is 0 Å². The maximum atomic E-state index is 12.5. The first-order valence-electron chi connectivity index (χ1n) is 7.94. The van der Waals surface area contributed by atoms with Crippen LogP contribution in [0.5, 0.6) is 0 Å². The van der Waals surface area contributed by atoms with Gasteiger partial charge in [0, 0.05) is 43.6 Å². The molecule has 0 aromatic carbocycles. The third-order valence-corrected chi connectivity index (χ3v) is 5.13. The Labute approximate surface area is 118 Å². The molecule has 0 amide bonds. The Hall–Kier alpha value is -0.410. The van der Waals surface area contributed by atoms with Crippen LogP contribution in [0.15, 0.2) is 0 Å². The third-order valence-electron chi connectivity index (χ3n) is 5.13. The van der Waals surface area contributed by atoms with Gasteiger partial charge in [-0.15, -0.1) is 0 Å². The van der Waals surface area contributed by atoms with E-state index in [1.807, 2.05) is 0 Å². The summed E-state index contributed by atoms with van der Waals surface area (Å²) in [6.45, 7) is 14.3. The second kappa shape index (κ2) is 5.92. The summed E-state index contributed by atoms with van der Waals surface area (Å²) in [5.41, 5.74) is -0.0836. The monoisotopic (exact) mass is 266 g/mol. The van der Waals surface area contributed by atoms with E-state index in [-0.39, 0.29) is 11.3 Å². The second-order valence-electron chi connectivity index (χ2n) is 7.07. The maximum absolute atomic E-state index is 12.5. The number of piperazine rings is 1. The molecule has 1 saturated carbocycles. The molecule has 2 unspecified atom stereocenters. The van der Waals surface area contributed by atoms with Crippen LogP contribution in [0.4, 0.5) is 0 Å². The molecular formula is C16H30N2O. The molecule has 110 valence electrons. The number of rotatable bonds is 3. The SMILES string of the molecule is CCN1CCN(CC2CCCC(C)(C)C2=O)CC1C. The van der Waals surface area contributed by atoms with Crippen molar-refractivity contribution in [3.8, 4) is 0 Å². The van der Waals surface area contributed by atoms with Crippen LogP contribution in [0, 0.1) is 11.3 Å². The molecule has 3 heteroatoms. The summed E-state index contributed by atoms with van der Waals surface area (Å²) in [6, 6.07) is 0.630. The third kappa shape index (κ3) is 3.38. The van der Waals surface area contributed by atoms with Gasteiger partial charge in [-0.05, 0) is 26.3 Å². The van der Waals surface area contributed by atoms with Gasteiger partial charge in [-0.3, -0.25) is 14.6 Å². The molecule has 3 nitrogen and oxygen atoms in total. The molecule has 0 radical (unpaired) electrons. The minimum Gasteiger partial charge on any atom is -0.300 e. The van der Waals surface area contributed by atoms with Crippen molar-refractivity contribution in [2.45, 2.75) is 53.0 Å². The van der Waals surface area contributed by atoms with Gasteiger partial charge in [-0.1, -0.05) is 27.2 Å². The first-order valence-corrected chi connectivity index (χ1v) is 7.94. The van der Waals surface area contributed by atoms with E-state index in [4.69, 9.17) is 0 Å². The molecule has 2 fully saturated rings. The van der Waals surface area contributed by atoms with Crippen molar-refractivity contribution in [1.82, 2.24) is 9.80 Å². The Morgan fingerprint density at radius 1 is 1.32 bits per heavy atom. The largest absolute Gasteiger partial charge is 0.300 e. The fourth-order valence-corrected chi connectivity index (χ4v) is 3.79. The summed E-state index contributed by atoms with van der Waals surface area (Å²) in [7, 11) is 0. The van der Waals surface area contributed by atoms with Gasteiger partial charge in [0.2, 0.25) is 0 Å². The molecule has 1 saturated heterocycles. The highest BCUT2D eigenvalue weighted by Crippen LogP contribution is 2.35. The number of Topliss-reactive ketones (excluding diaryl/α,β-unsaturated/α-hetero) is 1. The predicted molar refractivity (Wildman–Crippen MR) is 79.3 cm³/mol. The lowest BCUT2D eigenvalue weighted by Gasteiger charge is -2.42. The number of carbonyl (C=O) groups is 1. The predicted octanol–water partition coefficient (Wildman–Crippen LogP) is 2.41.